The molecular formula is C27H29N3O2. The number of carbonyl (C=O) groups is 2. The van der Waals surface area contributed by atoms with Crippen LogP contribution in [0, 0.1) is 12.8 Å². The van der Waals surface area contributed by atoms with Crippen LogP contribution >= 0.6 is 0 Å². The van der Waals surface area contributed by atoms with Gasteiger partial charge in [-0.25, -0.2) is 0 Å². The van der Waals surface area contributed by atoms with Gasteiger partial charge in [0.15, 0.2) is 0 Å². The summed E-state index contributed by atoms with van der Waals surface area (Å²) >= 11 is 0. The van der Waals surface area contributed by atoms with E-state index in [1.165, 1.54) is 5.56 Å². The fraction of sp³-hybridized carbons (Fsp3) is 0.333. The second-order valence-corrected chi connectivity index (χ2v) is 9.22. The van der Waals surface area contributed by atoms with E-state index in [-0.39, 0.29) is 36.4 Å². The number of carbonyl (C=O) groups excluding carboxylic acids is 2. The Morgan fingerprint density at radius 1 is 0.969 bits per heavy atom. The average Bonchev–Trinajstić information content (AvgIpc) is 3.52. The van der Waals surface area contributed by atoms with Gasteiger partial charge >= 0.3 is 0 Å². The second kappa shape index (κ2) is 7.97. The second-order valence-electron chi connectivity index (χ2n) is 9.22. The standard InChI is InChI=1S/C27H29N3O2/c1-18(2)27(32)29(21-14-15-21)17-25(31)30-23-8-5-4-7-22(23)28-16-6-9-24(28)26(30)20-12-10-19(3)11-13-20/h4-13,16,18,21,26H,14-15,17H2,1-3H3. The first-order valence-electron chi connectivity index (χ1n) is 11.4. The third-order valence-corrected chi connectivity index (χ3v) is 6.45. The molecule has 1 aliphatic carbocycles. The number of anilines is 1. The van der Waals surface area contributed by atoms with E-state index in [1.807, 2.05) is 49.1 Å². The van der Waals surface area contributed by atoms with Crippen molar-refractivity contribution in [1.82, 2.24) is 9.47 Å². The molecule has 5 nitrogen and oxygen atoms in total. The maximum Gasteiger partial charge on any atom is 0.247 e. The van der Waals surface area contributed by atoms with E-state index in [2.05, 4.69) is 48.0 Å². The van der Waals surface area contributed by atoms with Crippen LogP contribution in [0.3, 0.4) is 0 Å². The normalized spacial score (nSPS) is 17.1. The summed E-state index contributed by atoms with van der Waals surface area (Å²) in [6, 6.07) is 20.4. The third-order valence-electron chi connectivity index (χ3n) is 6.45. The van der Waals surface area contributed by atoms with Gasteiger partial charge in [-0.05, 0) is 49.6 Å². The van der Waals surface area contributed by atoms with Gasteiger partial charge in [0.2, 0.25) is 11.8 Å². The molecule has 0 spiro atoms. The summed E-state index contributed by atoms with van der Waals surface area (Å²) in [5, 5.41) is 0. The van der Waals surface area contributed by atoms with Crippen molar-refractivity contribution in [2.45, 2.75) is 45.7 Å². The van der Waals surface area contributed by atoms with Crippen molar-refractivity contribution < 1.29 is 9.59 Å². The maximum absolute atomic E-state index is 13.9. The lowest BCUT2D eigenvalue weighted by atomic mass is 9.97. The predicted octanol–water partition coefficient (Wildman–Crippen LogP) is 4.87. The summed E-state index contributed by atoms with van der Waals surface area (Å²) in [5.41, 5.74) is 5.15. The fourth-order valence-corrected chi connectivity index (χ4v) is 4.65. The average molecular weight is 428 g/mol. The molecule has 2 aliphatic rings. The molecule has 2 heterocycles. The van der Waals surface area contributed by atoms with Gasteiger partial charge in [0.25, 0.3) is 0 Å². The van der Waals surface area contributed by atoms with Crippen LogP contribution < -0.4 is 4.90 Å². The van der Waals surface area contributed by atoms with Gasteiger partial charge in [-0.2, -0.15) is 0 Å². The number of rotatable bonds is 5. The van der Waals surface area contributed by atoms with Crippen molar-refractivity contribution in [3.8, 4) is 5.69 Å². The molecule has 2 aromatic carbocycles. The van der Waals surface area contributed by atoms with Gasteiger partial charge < -0.3 is 9.47 Å². The monoisotopic (exact) mass is 427 g/mol. The van der Waals surface area contributed by atoms with E-state index < -0.39 is 0 Å². The van der Waals surface area contributed by atoms with Crippen molar-refractivity contribution in [1.29, 1.82) is 0 Å². The van der Waals surface area contributed by atoms with Gasteiger partial charge in [0, 0.05) is 18.2 Å². The quantitative estimate of drug-likeness (QED) is 0.583. The first kappa shape index (κ1) is 20.6. The van der Waals surface area contributed by atoms with Crippen LogP contribution in [0.1, 0.15) is 49.6 Å². The Hall–Kier alpha value is -3.34. The summed E-state index contributed by atoms with van der Waals surface area (Å²) < 4.78 is 2.17. The summed E-state index contributed by atoms with van der Waals surface area (Å²) in [6.45, 7) is 5.98. The Morgan fingerprint density at radius 2 is 1.66 bits per heavy atom. The Morgan fingerprint density at radius 3 is 2.31 bits per heavy atom. The number of para-hydroxylation sites is 2. The Bertz CT molecular complexity index is 1160. The van der Waals surface area contributed by atoms with E-state index in [1.54, 1.807) is 4.90 Å². The third kappa shape index (κ3) is 3.52. The lowest BCUT2D eigenvalue weighted by Crippen LogP contribution is -2.48. The van der Waals surface area contributed by atoms with Crippen LogP contribution in [-0.4, -0.2) is 33.9 Å². The van der Waals surface area contributed by atoms with Crippen LogP contribution in [-0.2, 0) is 9.59 Å². The van der Waals surface area contributed by atoms with Crippen LogP contribution in [0.25, 0.3) is 5.69 Å². The number of fused-ring (bicyclic) bond motifs is 3. The number of aryl methyl sites for hydroxylation is 1. The zero-order valence-corrected chi connectivity index (χ0v) is 18.9. The number of aromatic nitrogens is 1. The molecule has 164 valence electrons. The molecule has 0 saturated heterocycles. The molecule has 32 heavy (non-hydrogen) atoms. The first-order valence-corrected chi connectivity index (χ1v) is 11.4. The van der Waals surface area contributed by atoms with E-state index in [9.17, 15) is 9.59 Å². The lowest BCUT2D eigenvalue weighted by Gasteiger charge is -2.39. The molecule has 1 fully saturated rings. The molecule has 5 heteroatoms. The SMILES string of the molecule is Cc1ccc(C2c3cccn3-c3ccccc3N2C(=O)CN(C(=O)C(C)C)C2CC2)cc1. The molecule has 2 amide bonds. The smallest absolute Gasteiger partial charge is 0.247 e. The summed E-state index contributed by atoms with van der Waals surface area (Å²) in [4.78, 5) is 30.5. The van der Waals surface area contributed by atoms with E-state index in [0.717, 1.165) is 35.5 Å². The fourth-order valence-electron chi connectivity index (χ4n) is 4.65. The minimum atomic E-state index is -0.247. The van der Waals surface area contributed by atoms with Crippen molar-refractivity contribution in [3.63, 3.8) is 0 Å². The van der Waals surface area contributed by atoms with Crippen LogP contribution in [0.15, 0.2) is 66.9 Å². The molecule has 1 saturated carbocycles. The predicted molar refractivity (Wildman–Crippen MR) is 126 cm³/mol. The summed E-state index contributed by atoms with van der Waals surface area (Å²) in [5.74, 6) is -0.111. The highest BCUT2D eigenvalue weighted by molar-refractivity contribution is 6.00. The van der Waals surface area contributed by atoms with Gasteiger partial charge in [-0.3, -0.25) is 14.5 Å². The molecule has 1 aromatic heterocycles. The largest absolute Gasteiger partial charge is 0.330 e. The molecule has 5 rings (SSSR count). The number of nitrogens with zero attached hydrogens (tertiary/aromatic N) is 3. The molecule has 3 aromatic rings. The molecule has 0 radical (unpaired) electrons. The minimum Gasteiger partial charge on any atom is -0.330 e. The zero-order chi connectivity index (χ0) is 22.4. The Balaban J connectivity index is 1.59. The molecular weight excluding hydrogens is 398 g/mol. The highest BCUT2D eigenvalue weighted by Crippen LogP contribution is 2.42. The molecule has 1 aliphatic heterocycles. The Labute approximate surface area is 189 Å². The van der Waals surface area contributed by atoms with Crippen molar-refractivity contribution in [3.05, 3.63) is 83.7 Å². The molecule has 0 N–H and O–H groups in total. The minimum absolute atomic E-state index is 0.0450. The molecule has 1 unspecified atom stereocenters. The highest BCUT2D eigenvalue weighted by atomic mass is 16.2. The van der Waals surface area contributed by atoms with Gasteiger partial charge in [-0.15, -0.1) is 0 Å². The van der Waals surface area contributed by atoms with E-state index in [0.29, 0.717) is 0 Å². The Kier molecular flexibility index (Phi) is 5.12. The summed E-state index contributed by atoms with van der Waals surface area (Å²) in [7, 11) is 0. The molecule has 0 bridgehead atoms. The number of benzene rings is 2. The van der Waals surface area contributed by atoms with Crippen LogP contribution in [0.2, 0.25) is 0 Å². The zero-order valence-electron chi connectivity index (χ0n) is 18.9. The van der Waals surface area contributed by atoms with Crippen molar-refractivity contribution in [2.24, 2.45) is 5.92 Å². The summed E-state index contributed by atoms with van der Waals surface area (Å²) in [6.07, 6.45) is 4.01. The van der Waals surface area contributed by atoms with Crippen molar-refractivity contribution >= 4 is 17.5 Å². The van der Waals surface area contributed by atoms with E-state index >= 15 is 0 Å². The van der Waals surface area contributed by atoms with Crippen LogP contribution in [0.5, 0.6) is 0 Å². The number of amides is 2. The van der Waals surface area contributed by atoms with Crippen LogP contribution in [0.4, 0.5) is 5.69 Å². The van der Waals surface area contributed by atoms with Crippen molar-refractivity contribution in [2.75, 3.05) is 11.4 Å². The molecule has 1 atom stereocenters. The number of hydrogen-bond donors (Lipinski definition) is 0. The van der Waals surface area contributed by atoms with Gasteiger partial charge in [0.05, 0.1) is 17.1 Å². The first-order chi connectivity index (χ1) is 15.5. The van der Waals surface area contributed by atoms with E-state index in [4.69, 9.17) is 0 Å². The lowest BCUT2D eigenvalue weighted by molar-refractivity contribution is -0.138. The highest BCUT2D eigenvalue weighted by Gasteiger charge is 2.40. The topological polar surface area (TPSA) is 45.6 Å². The van der Waals surface area contributed by atoms with Gasteiger partial charge in [0.1, 0.15) is 12.6 Å². The number of hydrogen-bond acceptors (Lipinski definition) is 2. The maximum atomic E-state index is 13.9. The van der Waals surface area contributed by atoms with Gasteiger partial charge in [-0.1, -0.05) is 55.8 Å².